The summed E-state index contributed by atoms with van der Waals surface area (Å²) in [5.41, 5.74) is 2.71. The lowest BCUT2D eigenvalue weighted by Crippen LogP contribution is -2.66. The van der Waals surface area contributed by atoms with E-state index in [1.54, 1.807) is 7.11 Å². The molecular formula is C22H29NO4. The van der Waals surface area contributed by atoms with E-state index in [9.17, 15) is 4.79 Å². The van der Waals surface area contributed by atoms with Gasteiger partial charge in [0.1, 0.15) is 12.2 Å². The minimum absolute atomic E-state index is 0.0377. The number of piperidine rings is 1. The molecular weight excluding hydrogens is 342 g/mol. The number of likely N-dealkylation sites (tertiary alicyclic amines) is 1. The summed E-state index contributed by atoms with van der Waals surface area (Å²) in [6.45, 7) is 3.07. The lowest BCUT2D eigenvalue weighted by Gasteiger charge is -2.58. The normalized spacial score (nSPS) is 36.0. The number of hydrogen-bond acceptors (Lipinski definition) is 5. The van der Waals surface area contributed by atoms with E-state index in [2.05, 4.69) is 18.0 Å². The van der Waals surface area contributed by atoms with Crippen LogP contribution >= 0.6 is 0 Å². The molecule has 5 heteroatoms. The highest BCUT2D eigenvalue weighted by Crippen LogP contribution is 2.64. The zero-order valence-electron chi connectivity index (χ0n) is 16.5. The van der Waals surface area contributed by atoms with Crippen LogP contribution in [0.5, 0.6) is 11.5 Å². The highest BCUT2D eigenvalue weighted by Gasteiger charge is 2.66. The third-order valence-corrected chi connectivity index (χ3v) is 7.48. The number of methoxy groups -OCH3 is 1. The molecule has 0 amide bonds. The number of esters is 1. The van der Waals surface area contributed by atoms with Crippen LogP contribution in [-0.2, 0) is 21.4 Å². The lowest BCUT2D eigenvalue weighted by molar-refractivity contribution is -0.166. The summed E-state index contributed by atoms with van der Waals surface area (Å²) < 4.78 is 18.2. The van der Waals surface area contributed by atoms with Crippen molar-refractivity contribution in [1.82, 2.24) is 4.90 Å². The predicted octanol–water partition coefficient (Wildman–Crippen LogP) is 3.08. The van der Waals surface area contributed by atoms with Gasteiger partial charge in [-0.05, 0) is 63.2 Å². The molecule has 2 bridgehead atoms. The molecule has 2 aliphatic heterocycles. The Morgan fingerprint density at radius 2 is 2.22 bits per heavy atom. The van der Waals surface area contributed by atoms with Gasteiger partial charge in [0.2, 0.25) is 0 Å². The Balaban J connectivity index is 1.62. The van der Waals surface area contributed by atoms with Crippen molar-refractivity contribution in [3.63, 3.8) is 0 Å². The molecule has 0 unspecified atom stereocenters. The van der Waals surface area contributed by atoms with Crippen molar-refractivity contribution in [3.8, 4) is 11.5 Å². The molecule has 0 N–H and O–H groups in total. The van der Waals surface area contributed by atoms with E-state index in [1.807, 2.05) is 13.0 Å². The fraction of sp³-hybridized carbons (Fsp3) is 0.682. The molecule has 0 radical (unpaired) electrons. The Labute approximate surface area is 161 Å². The number of nitrogens with zero attached hydrogens (tertiary/aromatic N) is 1. The van der Waals surface area contributed by atoms with Crippen LogP contribution in [0.3, 0.4) is 0 Å². The van der Waals surface area contributed by atoms with Crippen LogP contribution in [0.15, 0.2) is 12.1 Å². The van der Waals surface area contributed by atoms with Gasteiger partial charge < -0.3 is 19.1 Å². The van der Waals surface area contributed by atoms with Gasteiger partial charge in [0.05, 0.1) is 7.11 Å². The molecule has 5 rings (SSSR count). The molecule has 1 saturated heterocycles. The summed E-state index contributed by atoms with van der Waals surface area (Å²) in [6, 6.07) is 4.81. The van der Waals surface area contributed by atoms with Crippen molar-refractivity contribution >= 4 is 5.97 Å². The first-order chi connectivity index (χ1) is 13.1. The fourth-order valence-corrected chi connectivity index (χ4v) is 6.39. The zero-order chi connectivity index (χ0) is 18.8. The highest BCUT2D eigenvalue weighted by molar-refractivity contribution is 5.70. The van der Waals surface area contributed by atoms with Crippen molar-refractivity contribution in [2.45, 2.75) is 69.1 Å². The van der Waals surface area contributed by atoms with Gasteiger partial charge in [-0.25, -0.2) is 0 Å². The van der Waals surface area contributed by atoms with Crippen LogP contribution < -0.4 is 9.47 Å². The first kappa shape index (κ1) is 17.4. The highest BCUT2D eigenvalue weighted by atomic mass is 16.6. The third-order valence-electron chi connectivity index (χ3n) is 7.48. The molecule has 2 fully saturated rings. The second-order valence-electron chi connectivity index (χ2n) is 8.67. The monoisotopic (exact) mass is 371 g/mol. The molecule has 146 valence electrons. The van der Waals surface area contributed by atoms with Crippen molar-refractivity contribution in [3.05, 3.63) is 23.3 Å². The van der Waals surface area contributed by atoms with Gasteiger partial charge in [-0.15, -0.1) is 0 Å². The molecule has 2 aliphatic carbocycles. The number of carbonyl (C=O) groups excluding carboxylic acids is 1. The first-order valence-electron chi connectivity index (χ1n) is 10.4. The topological polar surface area (TPSA) is 48.0 Å². The van der Waals surface area contributed by atoms with Gasteiger partial charge in [-0.1, -0.05) is 13.0 Å². The largest absolute Gasteiger partial charge is 0.493 e. The van der Waals surface area contributed by atoms with Crippen LogP contribution in [0.1, 0.15) is 50.2 Å². The van der Waals surface area contributed by atoms with Crippen LogP contribution in [0.2, 0.25) is 0 Å². The Hall–Kier alpha value is -1.75. The quantitative estimate of drug-likeness (QED) is 0.762. The second-order valence-corrected chi connectivity index (χ2v) is 8.67. The van der Waals surface area contributed by atoms with Crippen molar-refractivity contribution in [1.29, 1.82) is 0 Å². The van der Waals surface area contributed by atoms with Crippen molar-refractivity contribution in [2.24, 2.45) is 5.92 Å². The van der Waals surface area contributed by atoms with E-state index in [1.165, 1.54) is 11.1 Å². The molecule has 1 aromatic rings. The number of carbonyl (C=O) groups is 1. The van der Waals surface area contributed by atoms with Gasteiger partial charge in [0.15, 0.2) is 11.5 Å². The Morgan fingerprint density at radius 3 is 3.00 bits per heavy atom. The van der Waals surface area contributed by atoms with Crippen molar-refractivity contribution in [2.75, 3.05) is 20.7 Å². The van der Waals surface area contributed by atoms with Crippen LogP contribution in [0.4, 0.5) is 0 Å². The van der Waals surface area contributed by atoms with E-state index >= 15 is 0 Å². The summed E-state index contributed by atoms with van der Waals surface area (Å²) >= 11 is 0. The molecule has 1 spiro atoms. The fourth-order valence-electron chi connectivity index (χ4n) is 6.39. The number of rotatable bonds is 4. The Morgan fingerprint density at radius 1 is 1.37 bits per heavy atom. The summed E-state index contributed by atoms with van der Waals surface area (Å²) in [7, 11) is 3.96. The van der Waals surface area contributed by atoms with Crippen LogP contribution in [-0.4, -0.2) is 49.8 Å². The zero-order valence-corrected chi connectivity index (χ0v) is 16.5. The summed E-state index contributed by atoms with van der Waals surface area (Å²) in [6.07, 6.45) is 5.17. The Bertz CT molecular complexity index is 778. The van der Waals surface area contributed by atoms with E-state index in [4.69, 9.17) is 14.2 Å². The molecule has 5 atom stereocenters. The predicted molar refractivity (Wildman–Crippen MR) is 101 cm³/mol. The van der Waals surface area contributed by atoms with E-state index < -0.39 is 0 Å². The molecule has 1 aromatic carbocycles. The molecule has 27 heavy (non-hydrogen) atoms. The average Bonchev–Trinajstić information content (AvgIpc) is 3.01. The second kappa shape index (κ2) is 6.13. The number of benzene rings is 1. The van der Waals surface area contributed by atoms with Crippen LogP contribution in [0, 0.1) is 5.92 Å². The molecule has 5 nitrogen and oxygen atoms in total. The molecule has 0 aromatic heterocycles. The third kappa shape index (κ3) is 2.24. The summed E-state index contributed by atoms with van der Waals surface area (Å²) in [5.74, 6) is 2.19. The lowest BCUT2D eigenvalue weighted by atomic mass is 9.51. The van der Waals surface area contributed by atoms with Crippen molar-refractivity contribution < 1.29 is 19.0 Å². The maximum Gasteiger partial charge on any atom is 0.306 e. The number of hydrogen-bond donors (Lipinski definition) is 0. The average molecular weight is 371 g/mol. The van der Waals surface area contributed by atoms with Gasteiger partial charge >= 0.3 is 5.97 Å². The van der Waals surface area contributed by atoms with Gasteiger partial charge in [0.25, 0.3) is 0 Å². The summed E-state index contributed by atoms with van der Waals surface area (Å²) in [5, 5.41) is 0. The number of likely N-dealkylation sites (N-methyl/N-ethyl adjacent to an activating group) is 1. The maximum atomic E-state index is 12.3. The van der Waals surface area contributed by atoms with E-state index in [-0.39, 0.29) is 23.6 Å². The van der Waals surface area contributed by atoms with Crippen LogP contribution in [0.25, 0.3) is 0 Å². The summed E-state index contributed by atoms with van der Waals surface area (Å²) in [4.78, 5) is 14.8. The smallest absolute Gasteiger partial charge is 0.306 e. The van der Waals surface area contributed by atoms with Gasteiger partial charge in [0, 0.05) is 23.4 Å². The van der Waals surface area contributed by atoms with E-state index in [0.717, 1.165) is 50.1 Å². The van der Waals surface area contributed by atoms with Gasteiger partial charge in [-0.3, -0.25) is 4.79 Å². The van der Waals surface area contributed by atoms with E-state index in [0.29, 0.717) is 18.4 Å². The number of ether oxygens (including phenoxy) is 3. The maximum absolute atomic E-state index is 12.3. The minimum Gasteiger partial charge on any atom is -0.493 e. The first-order valence-corrected chi connectivity index (χ1v) is 10.4. The SMILES string of the molecule is CCCC(=O)O[C@H]1CC[C@H]2[C@H]3Cc4ccc(OC)c5c4[C@@]2(CCN3C)[C@H]1O5. The molecule has 2 heterocycles. The minimum atomic E-state index is -0.160. The standard InChI is InChI=1S/C22H29NO4/c1-4-5-18(24)26-17-9-7-14-15-12-13-6-8-16(25-3)20-19(13)22(14,21(17)27-20)10-11-23(15)2/h6,8,14-15,17,21H,4-5,7,9-12H2,1-3H3/t14-,15+,17-,21-,22-/m0/s1. The molecule has 4 aliphatic rings. The molecule has 1 saturated carbocycles. The van der Waals surface area contributed by atoms with Gasteiger partial charge in [-0.2, -0.15) is 0 Å². The Kier molecular flexibility index (Phi) is 3.94.